The van der Waals surface area contributed by atoms with Crippen molar-refractivity contribution in [2.75, 3.05) is 13.1 Å². The number of rotatable bonds is 4. The lowest BCUT2D eigenvalue weighted by molar-refractivity contribution is 0.174. The van der Waals surface area contributed by atoms with Crippen LogP contribution in [0.4, 0.5) is 0 Å². The first kappa shape index (κ1) is 16.0. The number of halogens is 1. The molecule has 1 fully saturated rings. The van der Waals surface area contributed by atoms with E-state index >= 15 is 0 Å². The molecule has 1 aromatic carbocycles. The monoisotopic (exact) mass is 338 g/mol. The zero-order valence-corrected chi connectivity index (χ0v) is 14.3. The van der Waals surface area contributed by atoms with Crippen LogP contribution in [0, 0.1) is 5.92 Å². The van der Waals surface area contributed by atoms with Crippen LogP contribution < -0.4 is 5.73 Å². The lowest BCUT2D eigenvalue weighted by Crippen LogP contribution is -2.41. The van der Waals surface area contributed by atoms with Crippen molar-refractivity contribution in [3.8, 4) is 0 Å². The van der Waals surface area contributed by atoms with Crippen molar-refractivity contribution in [1.82, 2.24) is 4.90 Å². The molecule has 20 heavy (non-hydrogen) atoms. The van der Waals surface area contributed by atoms with Gasteiger partial charge in [0.05, 0.1) is 0 Å². The Morgan fingerprint density at radius 2 is 2.15 bits per heavy atom. The van der Waals surface area contributed by atoms with Crippen LogP contribution in [0.25, 0.3) is 0 Å². The normalized spacial score (nSPS) is 24.1. The van der Waals surface area contributed by atoms with Crippen LogP contribution in [0.3, 0.4) is 0 Å². The Morgan fingerprint density at radius 3 is 2.85 bits per heavy atom. The molecule has 1 aromatic rings. The van der Waals surface area contributed by atoms with Crippen molar-refractivity contribution < 1.29 is 0 Å². The number of hydrogen-bond acceptors (Lipinski definition) is 2. The summed E-state index contributed by atoms with van der Waals surface area (Å²) in [6.45, 7) is 6.91. The molecule has 0 radical (unpaired) electrons. The van der Waals surface area contributed by atoms with Gasteiger partial charge in [0.2, 0.25) is 0 Å². The molecule has 0 aromatic heterocycles. The van der Waals surface area contributed by atoms with Gasteiger partial charge in [-0.1, -0.05) is 41.9 Å². The standard InChI is InChI=1S/C17H27BrN2/c1-3-16(19)17(14-7-4-8-15(18)12-14)20-10-5-6-13(2)9-11-20/h4,7-8,12-13,16-17H,3,5-6,9-11,19H2,1-2H3. The first-order valence-electron chi connectivity index (χ1n) is 7.87. The SMILES string of the molecule is CCC(N)C(c1cccc(Br)c1)N1CCCC(C)CC1. The van der Waals surface area contributed by atoms with Crippen molar-refractivity contribution in [3.05, 3.63) is 34.3 Å². The maximum Gasteiger partial charge on any atom is 0.0499 e. The van der Waals surface area contributed by atoms with Crippen LogP contribution in [0.15, 0.2) is 28.7 Å². The number of hydrogen-bond donors (Lipinski definition) is 1. The van der Waals surface area contributed by atoms with Crippen molar-refractivity contribution in [1.29, 1.82) is 0 Å². The van der Waals surface area contributed by atoms with Crippen LogP contribution in [0.1, 0.15) is 51.1 Å². The van der Waals surface area contributed by atoms with Crippen molar-refractivity contribution in [2.24, 2.45) is 11.7 Å². The summed E-state index contributed by atoms with van der Waals surface area (Å²) in [4.78, 5) is 2.61. The second-order valence-corrected chi connectivity index (χ2v) is 7.06. The molecule has 1 heterocycles. The van der Waals surface area contributed by atoms with Gasteiger partial charge < -0.3 is 5.73 Å². The Kier molecular flexibility index (Phi) is 6.06. The molecule has 0 spiro atoms. The zero-order chi connectivity index (χ0) is 14.5. The highest BCUT2D eigenvalue weighted by Crippen LogP contribution is 2.30. The fourth-order valence-corrected chi connectivity index (χ4v) is 3.62. The maximum atomic E-state index is 6.46. The van der Waals surface area contributed by atoms with E-state index in [9.17, 15) is 0 Å². The van der Waals surface area contributed by atoms with Gasteiger partial charge in [0.1, 0.15) is 0 Å². The summed E-state index contributed by atoms with van der Waals surface area (Å²) in [6.07, 6.45) is 4.95. The summed E-state index contributed by atoms with van der Waals surface area (Å²) >= 11 is 3.59. The molecule has 0 bridgehead atoms. The first-order chi connectivity index (χ1) is 9.61. The van der Waals surface area contributed by atoms with Crippen LogP contribution in [-0.4, -0.2) is 24.0 Å². The van der Waals surface area contributed by atoms with Gasteiger partial charge in [0, 0.05) is 16.6 Å². The van der Waals surface area contributed by atoms with E-state index in [1.165, 1.54) is 37.9 Å². The number of nitrogens with zero attached hydrogens (tertiary/aromatic N) is 1. The van der Waals surface area contributed by atoms with Crippen LogP contribution in [0.5, 0.6) is 0 Å². The van der Waals surface area contributed by atoms with E-state index in [4.69, 9.17) is 5.73 Å². The molecule has 0 saturated carbocycles. The summed E-state index contributed by atoms with van der Waals surface area (Å²) in [5.41, 5.74) is 7.81. The molecule has 2 nitrogen and oxygen atoms in total. The van der Waals surface area contributed by atoms with Gasteiger partial charge >= 0.3 is 0 Å². The fourth-order valence-electron chi connectivity index (χ4n) is 3.21. The molecule has 3 unspecified atom stereocenters. The van der Waals surface area contributed by atoms with E-state index in [0.29, 0.717) is 6.04 Å². The molecule has 0 amide bonds. The Hall–Kier alpha value is -0.380. The van der Waals surface area contributed by atoms with Gasteiger partial charge in [-0.15, -0.1) is 0 Å². The Morgan fingerprint density at radius 1 is 1.35 bits per heavy atom. The van der Waals surface area contributed by atoms with E-state index in [1.54, 1.807) is 0 Å². The predicted molar refractivity (Wildman–Crippen MR) is 89.7 cm³/mol. The quantitative estimate of drug-likeness (QED) is 0.884. The Balaban J connectivity index is 2.23. The molecule has 0 aliphatic carbocycles. The second kappa shape index (κ2) is 7.58. The minimum Gasteiger partial charge on any atom is -0.326 e. The number of benzene rings is 1. The molecular weight excluding hydrogens is 312 g/mol. The third-order valence-electron chi connectivity index (χ3n) is 4.51. The summed E-state index contributed by atoms with van der Waals surface area (Å²) in [6, 6.07) is 9.21. The van der Waals surface area contributed by atoms with E-state index in [1.807, 2.05) is 0 Å². The van der Waals surface area contributed by atoms with Gasteiger partial charge in [-0.3, -0.25) is 4.90 Å². The molecular formula is C17H27BrN2. The Bertz CT molecular complexity index is 421. The molecule has 3 atom stereocenters. The average molecular weight is 339 g/mol. The molecule has 1 aliphatic heterocycles. The molecule has 2 rings (SSSR count). The van der Waals surface area contributed by atoms with Crippen LogP contribution >= 0.6 is 15.9 Å². The van der Waals surface area contributed by atoms with Gasteiger partial charge in [0.25, 0.3) is 0 Å². The number of nitrogens with two attached hydrogens (primary N) is 1. The van der Waals surface area contributed by atoms with Gasteiger partial charge in [0.15, 0.2) is 0 Å². The predicted octanol–water partition coefficient (Wildman–Crippen LogP) is 4.35. The second-order valence-electron chi connectivity index (χ2n) is 6.14. The topological polar surface area (TPSA) is 29.3 Å². The first-order valence-corrected chi connectivity index (χ1v) is 8.66. The smallest absolute Gasteiger partial charge is 0.0499 e. The highest BCUT2D eigenvalue weighted by Gasteiger charge is 2.27. The van der Waals surface area contributed by atoms with Crippen LogP contribution in [0.2, 0.25) is 0 Å². The lowest BCUT2D eigenvalue weighted by atomic mass is 9.96. The third-order valence-corrected chi connectivity index (χ3v) is 5.01. The van der Waals surface area contributed by atoms with E-state index in [0.717, 1.165) is 16.8 Å². The van der Waals surface area contributed by atoms with Crippen molar-refractivity contribution in [3.63, 3.8) is 0 Å². The largest absolute Gasteiger partial charge is 0.326 e. The molecule has 1 saturated heterocycles. The lowest BCUT2D eigenvalue weighted by Gasteiger charge is -2.35. The maximum absolute atomic E-state index is 6.46. The van der Waals surface area contributed by atoms with Crippen molar-refractivity contribution >= 4 is 15.9 Å². The van der Waals surface area contributed by atoms with Gasteiger partial charge in [-0.05, 0) is 62.4 Å². The summed E-state index contributed by atoms with van der Waals surface area (Å²) in [5, 5.41) is 0. The van der Waals surface area contributed by atoms with Gasteiger partial charge in [-0.2, -0.15) is 0 Å². The van der Waals surface area contributed by atoms with Crippen molar-refractivity contribution in [2.45, 2.75) is 51.6 Å². The van der Waals surface area contributed by atoms with E-state index < -0.39 is 0 Å². The molecule has 3 heteroatoms. The summed E-state index contributed by atoms with van der Waals surface area (Å²) < 4.78 is 1.14. The zero-order valence-electron chi connectivity index (χ0n) is 12.7. The van der Waals surface area contributed by atoms with Gasteiger partial charge in [-0.25, -0.2) is 0 Å². The minimum absolute atomic E-state index is 0.206. The average Bonchev–Trinajstić information content (AvgIpc) is 2.64. The van der Waals surface area contributed by atoms with Crippen LogP contribution in [-0.2, 0) is 0 Å². The minimum atomic E-state index is 0.206. The molecule has 2 N–H and O–H groups in total. The van der Waals surface area contributed by atoms with E-state index in [2.05, 4.69) is 58.9 Å². The molecule has 1 aliphatic rings. The molecule has 112 valence electrons. The highest BCUT2D eigenvalue weighted by molar-refractivity contribution is 9.10. The summed E-state index contributed by atoms with van der Waals surface area (Å²) in [7, 11) is 0. The fraction of sp³-hybridized carbons (Fsp3) is 0.647. The Labute approximate surface area is 131 Å². The van der Waals surface area contributed by atoms with E-state index in [-0.39, 0.29) is 6.04 Å². The highest BCUT2D eigenvalue weighted by atomic mass is 79.9. The summed E-state index contributed by atoms with van der Waals surface area (Å²) in [5.74, 6) is 0.848. The third kappa shape index (κ3) is 4.06. The number of likely N-dealkylation sites (tertiary alicyclic amines) is 1.